The van der Waals surface area contributed by atoms with Gasteiger partial charge < -0.3 is 9.84 Å². The van der Waals surface area contributed by atoms with Crippen LogP contribution in [0.3, 0.4) is 0 Å². The molecule has 0 amide bonds. The quantitative estimate of drug-likeness (QED) is 0.454. The molecule has 5 nitrogen and oxygen atoms in total. The molecule has 0 bridgehead atoms. The molecule has 1 saturated heterocycles. The molecule has 1 N–H and O–H groups in total. The molecule has 26 heavy (non-hydrogen) atoms. The molecular weight excluding hydrogens is 330 g/mol. The van der Waals surface area contributed by atoms with Crippen LogP contribution in [-0.2, 0) is 14.3 Å². The molecular formula is C21H39NO4. The summed E-state index contributed by atoms with van der Waals surface area (Å²) in [6, 6.07) is 0. The van der Waals surface area contributed by atoms with Crippen LogP contribution >= 0.6 is 0 Å². The number of unbranched alkanes of at least 4 members (excludes halogenated alkanes) is 3. The van der Waals surface area contributed by atoms with E-state index in [0.29, 0.717) is 12.3 Å². The number of esters is 1. The van der Waals surface area contributed by atoms with Crippen molar-refractivity contribution >= 4 is 11.9 Å². The van der Waals surface area contributed by atoms with Crippen LogP contribution in [0.25, 0.3) is 0 Å². The molecule has 1 heterocycles. The van der Waals surface area contributed by atoms with E-state index < -0.39 is 5.97 Å². The van der Waals surface area contributed by atoms with Crippen LogP contribution in [0.1, 0.15) is 85.5 Å². The lowest BCUT2D eigenvalue weighted by Gasteiger charge is -2.55. The Balaban J connectivity index is 2.58. The fourth-order valence-corrected chi connectivity index (χ4v) is 4.64. The summed E-state index contributed by atoms with van der Waals surface area (Å²) in [6.45, 7) is 9.08. The minimum Gasteiger partial charge on any atom is -0.481 e. The molecule has 1 atom stereocenters. The number of rotatable bonds is 10. The highest BCUT2D eigenvalue weighted by Gasteiger charge is 2.45. The van der Waals surface area contributed by atoms with E-state index in [4.69, 9.17) is 0 Å². The standard InChI is InChI=1S/C21H39NO4/c1-20(2)14-17(15-21(3,4)22(20)5)16(13-18(23)24)11-9-7-8-10-12-19(25)26-6/h16-17H,7-15H2,1-6H3,(H,23,24)/t16-/m0/s1. The third-order valence-corrected chi connectivity index (χ3v) is 6.38. The molecule has 0 radical (unpaired) electrons. The van der Waals surface area contributed by atoms with Crippen LogP contribution < -0.4 is 0 Å². The predicted molar refractivity (Wildman–Crippen MR) is 104 cm³/mol. The van der Waals surface area contributed by atoms with E-state index in [9.17, 15) is 14.7 Å². The Bertz CT molecular complexity index is 455. The Morgan fingerprint density at radius 2 is 1.62 bits per heavy atom. The van der Waals surface area contributed by atoms with Gasteiger partial charge in [0.25, 0.3) is 0 Å². The number of methoxy groups -OCH3 is 1. The Morgan fingerprint density at radius 1 is 1.08 bits per heavy atom. The molecule has 1 aliphatic heterocycles. The second kappa shape index (κ2) is 9.72. The average molecular weight is 370 g/mol. The van der Waals surface area contributed by atoms with Gasteiger partial charge in [0.05, 0.1) is 7.11 Å². The summed E-state index contributed by atoms with van der Waals surface area (Å²) in [6.07, 6.45) is 7.74. The van der Waals surface area contributed by atoms with Crippen molar-refractivity contribution in [2.24, 2.45) is 11.8 Å². The first-order chi connectivity index (χ1) is 12.0. The molecule has 0 aromatic rings. The molecule has 0 saturated carbocycles. The smallest absolute Gasteiger partial charge is 0.305 e. The van der Waals surface area contributed by atoms with Crippen LogP contribution in [0, 0.1) is 11.8 Å². The second-order valence-electron chi connectivity index (χ2n) is 9.24. The number of ether oxygens (including phenoxy) is 1. The topological polar surface area (TPSA) is 66.8 Å². The number of hydrogen-bond acceptors (Lipinski definition) is 4. The van der Waals surface area contributed by atoms with Crippen molar-refractivity contribution in [3.63, 3.8) is 0 Å². The van der Waals surface area contributed by atoms with Crippen molar-refractivity contribution in [1.29, 1.82) is 0 Å². The molecule has 5 heteroatoms. The van der Waals surface area contributed by atoms with Gasteiger partial charge in [0.1, 0.15) is 0 Å². The SMILES string of the molecule is COC(=O)CCCCCC[C@@H](CC(=O)O)C1CC(C)(C)N(C)C(C)(C)C1. The number of aliphatic carboxylic acids is 1. The van der Waals surface area contributed by atoms with E-state index in [2.05, 4.69) is 44.4 Å². The predicted octanol–water partition coefficient (Wildman–Crippen LogP) is 4.49. The summed E-state index contributed by atoms with van der Waals surface area (Å²) in [4.78, 5) is 25.0. The minimum absolute atomic E-state index is 0.0870. The normalized spacial score (nSPS) is 21.3. The Kier molecular flexibility index (Phi) is 8.58. The van der Waals surface area contributed by atoms with Gasteiger partial charge in [-0.3, -0.25) is 14.5 Å². The highest BCUT2D eigenvalue weighted by Crippen LogP contribution is 2.44. The summed E-state index contributed by atoms with van der Waals surface area (Å²) in [5, 5.41) is 9.39. The summed E-state index contributed by atoms with van der Waals surface area (Å²) < 4.78 is 4.66. The van der Waals surface area contributed by atoms with Crippen molar-refractivity contribution in [2.45, 2.75) is 96.6 Å². The average Bonchev–Trinajstić information content (AvgIpc) is 2.53. The van der Waals surface area contributed by atoms with E-state index in [-0.39, 0.29) is 29.4 Å². The lowest BCUT2D eigenvalue weighted by Crippen LogP contribution is -2.59. The molecule has 0 aliphatic carbocycles. The number of likely N-dealkylation sites (tertiary alicyclic amines) is 1. The van der Waals surface area contributed by atoms with Crippen LogP contribution in [-0.4, -0.2) is 47.2 Å². The fraction of sp³-hybridized carbons (Fsp3) is 0.905. The molecule has 152 valence electrons. The van der Waals surface area contributed by atoms with Crippen LogP contribution in [0.4, 0.5) is 0 Å². The first-order valence-corrected chi connectivity index (χ1v) is 10.0. The number of carbonyl (C=O) groups excluding carboxylic acids is 1. The molecule has 0 aromatic heterocycles. The fourth-order valence-electron chi connectivity index (χ4n) is 4.64. The van der Waals surface area contributed by atoms with E-state index in [0.717, 1.165) is 44.9 Å². The van der Waals surface area contributed by atoms with Gasteiger partial charge in [0, 0.05) is 23.9 Å². The van der Waals surface area contributed by atoms with Crippen molar-refractivity contribution in [1.82, 2.24) is 4.90 Å². The van der Waals surface area contributed by atoms with Gasteiger partial charge in [-0.05, 0) is 72.3 Å². The van der Waals surface area contributed by atoms with Crippen LogP contribution in [0.15, 0.2) is 0 Å². The van der Waals surface area contributed by atoms with Crippen molar-refractivity contribution in [2.75, 3.05) is 14.2 Å². The summed E-state index contributed by atoms with van der Waals surface area (Å²) in [7, 11) is 3.60. The third kappa shape index (κ3) is 6.90. The Morgan fingerprint density at radius 3 is 2.12 bits per heavy atom. The van der Waals surface area contributed by atoms with E-state index >= 15 is 0 Å². The zero-order chi connectivity index (χ0) is 20.0. The van der Waals surface area contributed by atoms with E-state index in [1.54, 1.807) is 0 Å². The van der Waals surface area contributed by atoms with Crippen molar-refractivity contribution in [3.8, 4) is 0 Å². The molecule has 0 aromatic carbocycles. The summed E-state index contributed by atoms with van der Waals surface area (Å²) in [5.41, 5.74) is 0.174. The van der Waals surface area contributed by atoms with Crippen LogP contribution in [0.5, 0.6) is 0 Å². The van der Waals surface area contributed by atoms with Crippen molar-refractivity contribution in [3.05, 3.63) is 0 Å². The number of carboxylic acids is 1. The number of nitrogens with zero attached hydrogens (tertiary/aromatic N) is 1. The number of carboxylic acid groups (broad SMARTS) is 1. The number of carbonyl (C=O) groups is 2. The maximum atomic E-state index is 11.4. The Labute approximate surface area is 159 Å². The van der Waals surface area contributed by atoms with Gasteiger partial charge in [-0.1, -0.05) is 19.3 Å². The zero-order valence-corrected chi connectivity index (χ0v) is 17.6. The van der Waals surface area contributed by atoms with Gasteiger partial charge in [0.15, 0.2) is 0 Å². The highest BCUT2D eigenvalue weighted by molar-refractivity contribution is 5.69. The molecule has 0 unspecified atom stereocenters. The van der Waals surface area contributed by atoms with Gasteiger partial charge >= 0.3 is 11.9 Å². The monoisotopic (exact) mass is 369 g/mol. The number of hydrogen-bond donors (Lipinski definition) is 1. The summed E-state index contributed by atoms with van der Waals surface area (Å²) >= 11 is 0. The third-order valence-electron chi connectivity index (χ3n) is 6.38. The lowest BCUT2D eigenvalue weighted by molar-refractivity contribution is -0.141. The second-order valence-corrected chi connectivity index (χ2v) is 9.24. The van der Waals surface area contributed by atoms with Gasteiger partial charge in [-0.15, -0.1) is 0 Å². The molecule has 1 rings (SSSR count). The molecule has 1 fully saturated rings. The maximum absolute atomic E-state index is 11.4. The number of piperidine rings is 1. The van der Waals surface area contributed by atoms with E-state index in [1.165, 1.54) is 7.11 Å². The maximum Gasteiger partial charge on any atom is 0.305 e. The van der Waals surface area contributed by atoms with E-state index in [1.807, 2.05) is 0 Å². The zero-order valence-electron chi connectivity index (χ0n) is 17.6. The van der Waals surface area contributed by atoms with Gasteiger partial charge in [-0.2, -0.15) is 0 Å². The van der Waals surface area contributed by atoms with Crippen molar-refractivity contribution < 1.29 is 19.4 Å². The lowest BCUT2D eigenvalue weighted by atomic mass is 9.67. The summed E-state index contributed by atoms with van der Waals surface area (Å²) in [5.74, 6) is -0.150. The highest BCUT2D eigenvalue weighted by atomic mass is 16.5. The first-order valence-electron chi connectivity index (χ1n) is 10.0. The van der Waals surface area contributed by atoms with Crippen LogP contribution in [0.2, 0.25) is 0 Å². The van der Waals surface area contributed by atoms with Gasteiger partial charge in [0.2, 0.25) is 0 Å². The Hall–Kier alpha value is -1.10. The first kappa shape index (κ1) is 22.9. The molecule has 0 spiro atoms. The van der Waals surface area contributed by atoms with Gasteiger partial charge in [-0.25, -0.2) is 0 Å². The minimum atomic E-state index is -0.685. The molecule has 1 aliphatic rings. The largest absolute Gasteiger partial charge is 0.481 e.